The maximum Gasteiger partial charge on any atom is 0.416 e. The number of nitrogens with one attached hydrogen (secondary N) is 1. The number of halogens is 3. The Balaban J connectivity index is 2.26. The molecule has 0 aliphatic heterocycles. The number of nitrogens with two attached hydrogens (primary N) is 1. The fraction of sp³-hybridized carbons (Fsp3) is 0.154. The van der Waals surface area contributed by atoms with Gasteiger partial charge in [0.2, 0.25) is 5.88 Å². The summed E-state index contributed by atoms with van der Waals surface area (Å²) < 4.78 is 42.7. The molecule has 0 saturated carbocycles. The van der Waals surface area contributed by atoms with E-state index in [0.29, 0.717) is 11.5 Å². The molecule has 7 heteroatoms. The predicted octanol–water partition coefficient (Wildman–Crippen LogP) is 3.43. The van der Waals surface area contributed by atoms with E-state index in [-0.39, 0.29) is 11.6 Å². The van der Waals surface area contributed by atoms with Crippen molar-refractivity contribution in [2.45, 2.75) is 6.18 Å². The highest BCUT2D eigenvalue weighted by Crippen LogP contribution is 2.31. The molecule has 0 aliphatic rings. The van der Waals surface area contributed by atoms with Gasteiger partial charge in [0, 0.05) is 5.69 Å². The van der Waals surface area contributed by atoms with Crippen LogP contribution in [0.3, 0.4) is 0 Å². The second-order valence-corrected chi connectivity index (χ2v) is 4.00. The van der Waals surface area contributed by atoms with E-state index in [2.05, 4.69) is 10.3 Å². The number of nitrogens with zero attached hydrogens (tertiary/aromatic N) is 1. The van der Waals surface area contributed by atoms with Crippen LogP contribution in [0.4, 0.5) is 30.4 Å². The first-order chi connectivity index (χ1) is 9.40. The monoisotopic (exact) mass is 283 g/mol. The Hall–Kier alpha value is -2.44. The van der Waals surface area contributed by atoms with Crippen molar-refractivity contribution in [1.29, 1.82) is 0 Å². The minimum absolute atomic E-state index is 0.210. The highest BCUT2D eigenvalue weighted by molar-refractivity contribution is 5.61. The van der Waals surface area contributed by atoms with Crippen LogP contribution in [0.2, 0.25) is 0 Å². The van der Waals surface area contributed by atoms with Crippen LogP contribution in [0.25, 0.3) is 0 Å². The Morgan fingerprint density at radius 3 is 2.60 bits per heavy atom. The molecule has 0 aliphatic carbocycles. The van der Waals surface area contributed by atoms with Gasteiger partial charge in [-0.05, 0) is 30.3 Å². The van der Waals surface area contributed by atoms with E-state index in [1.165, 1.54) is 19.2 Å². The molecular formula is C13H12F3N3O. The molecule has 2 rings (SSSR count). The fourth-order valence-corrected chi connectivity index (χ4v) is 1.61. The van der Waals surface area contributed by atoms with E-state index in [9.17, 15) is 13.2 Å². The lowest BCUT2D eigenvalue weighted by Gasteiger charge is -2.11. The number of benzene rings is 1. The Labute approximate surface area is 113 Å². The van der Waals surface area contributed by atoms with Gasteiger partial charge in [-0.1, -0.05) is 6.07 Å². The third-order valence-corrected chi connectivity index (χ3v) is 2.55. The van der Waals surface area contributed by atoms with Gasteiger partial charge in [0.25, 0.3) is 0 Å². The first-order valence-electron chi connectivity index (χ1n) is 5.65. The first kappa shape index (κ1) is 14.0. The zero-order chi connectivity index (χ0) is 14.8. The highest BCUT2D eigenvalue weighted by atomic mass is 19.4. The molecule has 0 saturated heterocycles. The van der Waals surface area contributed by atoms with Gasteiger partial charge in [-0.15, -0.1) is 0 Å². The van der Waals surface area contributed by atoms with E-state index in [1.807, 2.05) is 0 Å². The van der Waals surface area contributed by atoms with Crippen LogP contribution in [0, 0.1) is 0 Å². The second-order valence-electron chi connectivity index (χ2n) is 4.00. The van der Waals surface area contributed by atoms with Crippen molar-refractivity contribution in [3.05, 3.63) is 42.0 Å². The topological polar surface area (TPSA) is 60.2 Å². The molecule has 0 fully saturated rings. The molecule has 0 amide bonds. The second kappa shape index (κ2) is 5.28. The molecule has 0 atom stereocenters. The quantitative estimate of drug-likeness (QED) is 0.906. The Morgan fingerprint density at radius 1 is 1.20 bits per heavy atom. The number of rotatable bonds is 3. The normalized spacial score (nSPS) is 11.2. The Bertz CT molecular complexity index is 614. The number of ether oxygens (including phenoxy) is 1. The number of nitrogen functional groups attached to an aromatic ring is 1. The van der Waals surface area contributed by atoms with Gasteiger partial charge in [-0.25, -0.2) is 0 Å². The molecule has 0 radical (unpaired) electrons. The van der Waals surface area contributed by atoms with Gasteiger partial charge in [-0.3, -0.25) is 0 Å². The van der Waals surface area contributed by atoms with Gasteiger partial charge >= 0.3 is 6.18 Å². The molecule has 0 spiro atoms. The summed E-state index contributed by atoms with van der Waals surface area (Å²) in [6.07, 6.45) is -4.38. The number of anilines is 3. The van der Waals surface area contributed by atoms with Gasteiger partial charge < -0.3 is 15.8 Å². The minimum atomic E-state index is -4.38. The van der Waals surface area contributed by atoms with Crippen molar-refractivity contribution >= 4 is 17.2 Å². The molecule has 1 aromatic carbocycles. The number of methoxy groups -OCH3 is 1. The minimum Gasteiger partial charge on any atom is -0.479 e. The molecule has 1 heterocycles. The Morgan fingerprint density at radius 2 is 1.95 bits per heavy atom. The number of hydrogen-bond donors (Lipinski definition) is 2. The van der Waals surface area contributed by atoms with E-state index < -0.39 is 11.7 Å². The van der Waals surface area contributed by atoms with Crippen LogP contribution in [-0.4, -0.2) is 12.1 Å². The van der Waals surface area contributed by atoms with Gasteiger partial charge in [0.15, 0.2) is 0 Å². The molecule has 3 N–H and O–H groups in total. The third kappa shape index (κ3) is 3.11. The number of pyridine rings is 1. The molecule has 2 aromatic rings. The van der Waals surface area contributed by atoms with Crippen LogP contribution < -0.4 is 15.8 Å². The average molecular weight is 283 g/mol. The summed E-state index contributed by atoms with van der Waals surface area (Å²) in [5, 5.41) is 2.77. The summed E-state index contributed by atoms with van der Waals surface area (Å²) in [4.78, 5) is 4.04. The van der Waals surface area contributed by atoms with Crippen molar-refractivity contribution in [2.24, 2.45) is 0 Å². The average Bonchev–Trinajstić information content (AvgIpc) is 2.40. The summed E-state index contributed by atoms with van der Waals surface area (Å²) in [7, 11) is 1.41. The van der Waals surface area contributed by atoms with Crippen molar-refractivity contribution in [3.63, 3.8) is 0 Å². The number of alkyl halides is 3. The van der Waals surface area contributed by atoms with E-state index in [4.69, 9.17) is 10.5 Å². The molecule has 20 heavy (non-hydrogen) atoms. The van der Waals surface area contributed by atoms with Crippen LogP contribution in [-0.2, 0) is 6.18 Å². The molecule has 1 aromatic heterocycles. The smallest absolute Gasteiger partial charge is 0.416 e. The fourth-order valence-electron chi connectivity index (χ4n) is 1.61. The van der Waals surface area contributed by atoms with Crippen LogP contribution in [0.1, 0.15) is 5.56 Å². The highest BCUT2D eigenvalue weighted by Gasteiger charge is 2.30. The number of aromatic nitrogens is 1. The molecule has 4 nitrogen and oxygen atoms in total. The van der Waals surface area contributed by atoms with Gasteiger partial charge in [-0.2, -0.15) is 18.2 Å². The lowest BCUT2D eigenvalue weighted by molar-refractivity contribution is -0.137. The van der Waals surface area contributed by atoms with Crippen LogP contribution in [0.15, 0.2) is 36.4 Å². The summed E-state index contributed by atoms with van der Waals surface area (Å²) in [5.41, 5.74) is 5.51. The van der Waals surface area contributed by atoms with Gasteiger partial charge in [0.05, 0.1) is 18.4 Å². The maximum atomic E-state index is 12.6. The van der Waals surface area contributed by atoms with Crippen LogP contribution in [0.5, 0.6) is 5.88 Å². The van der Waals surface area contributed by atoms with E-state index in [1.54, 1.807) is 12.1 Å². The summed E-state index contributed by atoms with van der Waals surface area (Å²) in [6.45, 7) is 0. The van der Waals surface area contributed by atoms with E-state index >= 15 is 0 Å². The standard InChI is InChI=1S/C13H12F3N3O/c1-20-12-10(17)5-6-11(19-12)18-9-4-2-3-8(7-9)13(14,15)16/h2-7H,17H2,1H3,(H,18,19). The summed E-state index contributed by atoms with van der Waals surface area (Å²) in [5.74, 6) is 0.553. The largest absolute Gasteiger partial charge is 0.479 e. The lowest BCUT2D eigenvalue weighted by atomic mass is 10.2. The van der Waals surface area contributed by atoms with Crippen molar-refractivity contribution < 1.29 is 17.9 Å². The van der Waals surface area contributed by atoms with Gasteiger partial charge in [0.1, 0.15) is 5.82 Å². The van der Waals surface area contributed by atoms with E-state index in [0.717, 1.165) is 12.1 Å². The van der Waals surface area contributed by atoms with Crippen molar-refractivity contribution in [3.8, 4) is 5.88 Å². The van der Waals surface area contributed by atoms with Crippen molar-refractivity contribution in [2.75, 3.05) is 18.2 Å². The van der Waals surface area contributed by atoms with Crippen LogP contribution >= 0.6 is 0 Å². The molecule has 0 bridgehead atoms. The molecule has 106 valence electrons. The molecular weight excluding hydrogens is 271 g/mol. The first-order valence-corrected chi connectivity index (χ1v) is 5.65. The predicted molar refractivity (Wildman–Crippen MR) is 69.9 cm³/mol. The lowest BCUT2D eigenvalue weighted by Crippen LogP contribution is -2.05. The molecule has 0 unspecified atom stereocenters. The SMILES string of the molecule is COc1nc(Nc2cccc(C(F)(F)F)c2)ccc1N. The zero-order valence-electron chi connectivity index (χ0n) is 10.5. The summed E-state index contributed by atoms with van der Waals surface area (Å²) in [6, 6.07) is 7.95. The maximum absolute atomic E-state index is 12.6. The zero-order valence-corrected chi connectivity index (χ0v) is 10.5. The third-order valence-electron chi connectivity index (χ3n) is 2.55. The van der Waals surface area contributed by atoms with Crippen molar-refractivity contribution in [1.82, 2.24) is 4.98 Å². The summed E-state index contributed by atoms with van der Waals surface area (Å²) >= 11 is 0. The number of hydrogen-bond acceptors (Lipinski definition) is 4. The Kier molecular flexibility index (Phi) is 3.69.